The second-order valence-corrected chi connectivity index (χ2v) is 8.61. The number of carbonyl (C=O) groups is 3. The summed E-state index contributed by atoms with van der Waals surface area (Å²) in [5.41, 5.74) is 7.42. The predicted molar refractivity (Wildman–Crippen MR) is 170 cm³/mol. The van der Waals surface area contributed by atoms with Crippen molar-refractivity contribution in [2.45, 2.75) is 47.1 Å². The first-order valence-corrected chi connectivity index (χ1v) is 13.4. The van der Waals surface area contributed by atoms with Crippen LogP contribution in [0.1, 0.15) is 54.9 Å². The number of aryl methyl sites for hydroxylation is 1. The number of allylic oxidation sites excluding steroid dienone is 1. The van der Waals surface area contributed by atoms with Crippen LogP contribution in [0.15, 0.2) is 64.7 Å². The van der Waals surface area contributed by atoms with Crippen molar-refractivity contribution < 1.29 is 19.5 Å². The lowest BCUT2D eigenvalue weighted by Crippen LogP contribution is -2.38. The quantitative estimate of drug-likeness (QED) is 0.113. The fourth-order valence-corrected chi connectivity index (χ4v) is 3.82. The maximum absolute atomic E-state index is 12.7. The Bertz CT molecular complexity index is 1420. The topological polar surface area (TPSA) is 157 Å². The fourth-order valence-electron chi connectivity index (χ4n) is 3.82. The third kappa shape index (κ3) is 10.5. The Labute approximate surface area is 247 Å². The summed E-state index contributed by atoms with van der Waals surface area (Å²) < 4.78 is 0. The van der Waals surface area contributed by atoms with Crippen LogP contribution in [-0.4, -0.2) is 61.0 Å². The summed E-state index contributed by atoms with van der Waals surface area (Å²) >= 11 is 0. The summed E-state index contributed by atoms with van der Waals surface area (Å²) in [7, 11) is 3.41. The average Bonchev–Trinajstić information content (AvgIpc) is 2.99. The minimum atomic E-state index is -0.493. The van der Waals surface area contributed by atoms with Crippen LogP contribution >= 0.6 is 0 Å². The molecule has 224 valence electrons. The van der Waals surface area contributed by atoms with Crippen molar-refractivity contribution in [1.29, 1.82) is 0 Å². The number of pyridine rings is 1. The standard InChI is InChI=1S/C18H22N6O.C11H13NO3.C2H6/c1-6-15(19-3)12-7-8-16-13(10-12)14(9-11(2)22-16)17(25)23-18(20-4)24-21-5;1-8(14)11(12-7-13)6-9-2-4-10(15)5-3-9;1-2/h6-10,19H,5H2,1-4H3,(H2,20,23,24,25);2-5,7,11,15H,6H2,1H3,(H,12,13);1-2H3/b15-6-;;. The molecule has 3 aromatic rings. The number of benzene rings is 2. The molecule has 1 heterocycles. The van der Waals surface area contributed by atoms with Crippen molar-refractivity contribution >= 4 is 47.4 Å². The number of aromatic hydroxyl groups is 1. The molecule has 0 saturated heterocycles. The van der Waals surface area contributed by atoms with Crippen LogP contribution in [0.25, 0.3) is 16.6 Å². The van der Waals surface area contributed by atoms with Crippen LogP contribution in [0.4, 0.5) is 0 Å². The van der Waals surface area contributed by atoms with E-state index < -0.39 is 6.04 Å². The van der Waals surface area contributed by atoms with Crippen LogP contribution in [0.5, 0.6) is 5.75 Å². The molecule has 11 heteroatoms. The Morgan fingerprint density at radius 3 is 2.31 bits per heavy atom. The number of nitrogens with zero attached hydrogens (tertiary/aromatic N) is 3. The third-order valence-electron chi connectivity index (χ3n) is 5.83. The number of aliphatic imine (C=N–C) groups is 1. The van der Waals surface area contributed by atoms with E-state index >= 15 is 0 Å². The van der Waals surface area contributed by atoms with Gasteiger partial charge in [-0.25, -0.2) is 5.43 Å². The van der Waals surface area contributed by atoms with E-state index in [1.807, 2.05) is 59.0 Å². The molecule has 0 bridgehead atoms. The van der Waals surface area contributed by atoms with Gasteiger partial charge in [0.15, 0.2) is 5.78 Å². The van der Waals surface area contributed by atoms with E-state index in [0.717, 1.165) is 33.4 Å². The van der Waals surface area contributed by atoms with Crippen LogP contribution in [0.3, 0.4) is 0 Å². The zero-order valence-corrected chi connectivity index (χ0v) is 25.3. The Hall–Kier alpha value is -5.06. The highest BCUT2D eigenvalue weighted by atomic mass is 16.3. The van der Waals surface area contributed by atoms with Crippen LogP contribution < -0.4 is 21.4 Å². The largest absolute Gasteiger partial charge is 0.508 e. The lowest BCUT2D eigenvalue weighted by atomic mass is 10.0. The maximum atomic E-state index is 12.7. The number of ketones is 1. The van der Waals surface area contributed by atoms with E-state index in [-0.39, 0.29) is 23.4 Å². The van der Waals surface area contributed by atoms with Gasteiger partial charge in [0, 0.05) is 37.6 Å². The average molecular weight is 576 g/mol. The number of amides is 2. The molecule has 0 spiro atoms. The lowest BCUT2D eigenvalue weighted by Gasteiger charge is -2.12. The monoisotopic (exact) mass is 575 g/mol. The second kappa shape index (κ2) is 18.3. The molecule has 1 unspecified atom stereocenters. The molecule has 11 nitrogen and oxygen atoms in total. The van der Waals surface area contributed by atoms with Gasteiger partial charge in [0.25, 0.3) is 5.91 Å². The Balaban J connectivity index is 0.000000443. The Kier molecular flexibility index (Phi) is 15.3. The molecule has 0 saturated carbocycles. The van der Waals surface area contributed by atoms with Gasteiger partial charge in [-0.2, -0.15) is 5.10 Å². The zero-order valence-electron chi connectivity index (χ0n) is 25.3. The number of hydrogen-bond donors (Lipinski definition) is 5. The number of hydrazone groups is 1. The summed E-state index contributed by atoms with van der Waals surface area (Å²) in [5, 5.41) is 21.6. The van der Waals surface area contributed by atoms with E-state index in [1.165, 1.54) is 6.92 Å². The van der Waals surface area contributed by atoms with Crippen molar-refractivity contribution in [3.8, 4) is 5.75 Å². The molecule has 0 aliphatic rings. The molecule has 42 heavy (non-hydrogen) atoms. The fraction of sp³-hybridized carbons (Fsp3) is 0.290. The van der Waals surface area contributed by atoms with Crippen molar-refractivity contribution in [3.63, 3.8) is 0 Å². The van der Waals surface area contributed by atoms with Crippen molar-refractivity contribution in [2.24, 2.45) is 10.1 Å². The molecule has 0 aliphatic heterocycles. The molecule has 0 radical (unpaired) electrons. The number of rotatable bonds is 9. The highest BCUT2D eigenvalue weighted by Gasteiger charge is 2.15. The van der Waals surface area contributed by atoms with E-state index in [9.17, 15) is 14.4 Å². The van der Waals surface area contributed by atoms with Gasteiger partial charge in [-0.15, -0.1) is 0 Å². The molecule has 2 aromatic carbocycles. The molecule has 1 aromatic heterocycles. The normalized spacial score (nSPS) is 11.5. The first-order valence-electron chi connectivity index (χ1n) is 13.4. The van der Waals surface area contributed by atoms with Gasteiger partial charge in [0.1, 0.15) is 5.75 Å². The molecule has 3 rings (SSSR count). The van der Waals surface area contributed by atoms with Gasteiger partial charge in [-0.3, -0.25) is 29.7 Å². The van der Waals surface area contributed by atoms with E-state index in [4.69, 9.17) is 5.11 Å². The number of hydrogen-bond acceptors (Lipinski definition) is 8. The first kappa shape index (κ1) is 35.0. The van der Waals surface area contributed by atoms with E-state index in [2.05, 4.69) is 43.2 Å². The predicted octanol–water partition coefficient (Wildman–Crippen LogP) is 3.71. The van der Waals surface area contributed by atoms with Crippen LogP contribution in [0.2, 0.25) is 0 Å². The minimum absolute atomic E-state index is 0.0878. The number of Topliss-reactive ketones (excluding diaryl/α,β-unsaturated/α-hetero) is 1. The van der Waals surface area contributed by atoms with E-state index in [0.29, 0.717) is 18.4 Å². The number of fused-ring (bicyclic) bond motifs is 1. The lowest BCUT2D eigenvalue weighted by molar-refractivity contribution is -0.121. The number of aromatic nitrogens is 1. The Morgan fingerprint density at radius 2 is 1.79 bits per heavy atom. The van der Waals surface area contributed by atoms with Crippen LogP contribution in [0, 0.1) is 6.92 Å². The van der Waals surface area contributed by atoms with Gasteiger partial charge in [-0.05, 0) is 68.7 Å². The molecule has 0 aliphatic carbocycles. The number of phenols is 1. The molecular weight excluding hydrogens is 534 g/mol. The second-order valence-electron chi connectivity index (χ2n) is 8.61. The number of nitrogens with one attached hydrogen (secondary N) is 4. The number of carbonyl (C=O) groups excluding carboxylic acids is 3. The highest BCUT2D eigenvalue weighted by Crippen LogP contribution is 2.23. The maximum Gasteiger partial charge on any atom is 0.258 e. The summed E-state index contributed by atoms with van der Waals surface area (Å²) in [6, 6.07) is 13.6. The van der Waals surface area contributed by atoms with Gasteiger partial charge < -0.3 is 15.7 Å². The highest BCUT2D eigenvalue weighted by molar-refractivity contribution is 6.12. The van der Waals surface area contributed by atoms with Gasteiger partial charge in [0.2, 0.25) is 12.4 Å². The van der Waals surface area contributed by atoms with Gasteiger partial charge in [-0.1, -0.05) is 38.1 Å². The van der Waals surface area contributed by atoms with Crippen molar-refractivity contribution in [2.75, 3.05) is 14.1 Å². The first-order chi connectivity index (χ1) is 20.2. The van der Waals surface area contributed by atoms with Crippen molar-refractivity contribution in [1.82, 2.24) is 26.4 Å². The Morgan fingerprint density at radius 1 is 1.12 bits per heavy atom. The number of phenolic OH excluding ortho intramolecular Hbond substituents is 1. The van der Waals surface area contributed by atoms with Crippen molar-refractivity contribution in [3.05, 3.63) is 77.0 Å². The van der Waals surface area contributed by atoms with Gasteiger partial charge in [0.05, 0.1) is 17.1 Å². The minimum Gasteiger partial charge on any atom is -0.508 e. The smallest absolute Gasteiger partial charge is 0.258 e. The zero-order chi connectivity index (χ0) is 31.7. The molecule has 1 atom stereocenters. The summed E-state index contributed by atoms with van der Waals surface area (Å²) in [5.74, 6) is 0.0238. The number of guanidine groups is 1. The molecule has 2 amide bonds. The summed E-state index contributed by atoms with van der Waals surface area (Å²) in [6.45, 7) is 12.6. The van der Waals surface area contributed by atoms with E-state index in [1.54, 1.807) is 37.4 Å². The summed E-state index contributed by atoms with van der Waals surface area (Å²) in [4.78, 5) is 42.6. The van der Waals surface area contributed by atoms with Gasteiger partial charge >= 0.3 is 0 Å². The molecular formula is C31H41N7O4. The molecule has 0 fully saturated rings. The van der Waals surface area contributed by atoms with Crippen LogP contribution in [-0.2, 0) is 16.0 Å². The molecule has 5 N–H and O–H groups in total. The third-order valence-corrected chi connectivity index (χ3v) is 5.83. The summed E-state index contributed by atoms with van der Waals surface area (Å²) in [6.07, 6.45) is 2.94. The SMILES string of the molecule is C=NNC(=NC)NC(=O)c1cc(C)nc2ccc(/C(=C/C)NC)cc12.CC.CC(=O)C(Cc1ccc(O)cc1)NC=O.